The van der Waals surface area contributed by atoms with Crippen LogP contribution in [0.4, 0.5) is 0 Å². The zero-order chi connectivity index (χ0) is 10.5. The summed E-state index contributed by atoms with van der Waals surface area (Å²) in [6.45, 7) is 0. The quantitative estimate of drug-likeness (QED) is 0.737. The summed E-state index contributed by atoms with van der Waals surface area (Å²) < 4.78 is 0. The van der Waals surface area contributed by atoms with Gasteiger partial charge in [-0.05, 0) is 30.7 Å². The molecule has 0 aliphatic heterocycles. The summed E-state index contributed by atoms with van der Waals surface area (Å²) in [5.74, 6) is 0. The minimum Gasteiger partial charge on any atom is -0.303 e. The van der Waals surface area contributed by atoms with Crippen LogP contribution >= 0.6 is 11.3 Å². The highest BCUT2D eigenvalue weighted by Gasteiger charge is 2.02. The van der Waals surface area contributed by atoms with E-state index < -0.39 is 0 Å². The maximum Gasteiger partial charge on any atom is 0.120 e. The number of carbonyl (C=O) groups is 1. The first-order valence-corrected chi connectivity index (χ1v) is 5.65. The number of carbonyl (C=O) groups excluding carboxylic acids is 1. The van der Waals surface area contributed by atoms with Crippen molar-refractivity contribution in [2.24, 2.45) is 0 Å². The molecule has 0 unspecified atom stereocenters. The van der Waals surface area contributed by atoms with Crippen LogP contribution in [-0.2, 0) is 11.2 Å². The molecular weight excluding hydrogens is 206 g/mol. The molecule has 0 atom stereocenters. The Morgan fingerprint density at radius 2 is 2.20 bits per heavy atom. The van der Waals surface area contributed by atoms with Gasteiger partial charge in [0, 0.05) is 17.5 Å². The van der Waals surface area contributed by atoms with Gasteiger partial charge in [-0.2, -0.15) is 0 Å². The highest BCUT2D eigenvalue weighted by molar-refractivity contribution is 7.15. The van der Waals surface area contributed by atoms with Gasteiger partial charge in [0.05, 0.1) is 10.6 Å². The second-order valence-corrected chi connectivity index (χ2v) is 4.35. The molecule has 2 rings (SSSR count). The van der Waals surface area contributed by atoms with Gasteiger partial charge in [-0.3, -0.25) is 4.98 Å². The lowest BCUT2D eigenvalue weighted by atomic mass is 10.2. The van der Waals surface area contributed by atoms with E-state index in [1.165, 1.54) is 4.88 Å². The Morgan fingerprint density at radius 1 is 1.27 bits per heavy atom. The second kappa shape index (κ2) is 4.84. The van der Waals surface area contributed by atoms with E-state index in [0.29, 0.717) is 6.42 Å². The van der Waals surface area contributed by atoms with Crippen molar-refractivity contribution in [1.82, 2.24) is 4.98 Å². The van der Waals surface area contributed by atoms with Gasteiger partial charge < -0.3 is 4.79 Å². The second-order valence-electron chi connectivity index (χ2n) is 3.19. The van der Waals surface area contributed by atoms with E-state index in [4.69, 9.17) is 0 Å². The van der Waals surface area contributed by atoms with Gasteiger partial charge in [0.25, 0.3) is 0 Å². The molecule has 0 fully saturated rings. The monoisotopic (exact) mass is 217 g/mol. The van der Waals surface area contributed by atoms with Crippen LogP contribution in [0.3, 0.4) is 0 Å². The smallest absolute Gasteiger partial charge is 0.120 e. The van der Waals surface area contributed by atoms with Crippen LogP contribution < -0.4 is 0 Å². The molecule has 2 nitrogen and oxygen atoms in total. The molecule has 15 heavy (non-hydrogen) atoms. The summed E-state index contributed by atoms with van der Waals surface area (Å²) in [5.41, 5.74) is 1.000. The predicted molar refractivity (Wildman–Crippen MR) is 61.9 cm³/mol. The Balaban J connectivity index is 2.17. The molecule has 0 saturated heterocycles. The van der Waals surface area contributed by atoms with Crippen molar-refractivity contribution in [2.75, 3.05) is 0 Å². The van der Waals surface area contributed by atoms with Crippen molar-refractivity contribution in [3.8, 4) is 10.6 Å². The third-order valence-electron chi connectivity index (χ3n) is 2.09. The van der Waals surface area contributed by atoms with E-state index in [0.717, 1.165) is 23.3 Å². The van der Waals surface area contributed by atoms with Crippen LogP contribution in [0.1, 0.15) is 11.3 Å². The molecule has 0 saturated carbocycles. The predicted octanol–water partition coefficient (Wildman–Crippen LogP) is 2.94. The molecule has 2 aromatic rings. The van der Waals surface area contributed by atoms with Gasteiger partial charge in [0.15, 0.2) is 0 Å². The van der Waals surface area contributed by atoms with Gasteiger partial charge >= 0.3 is 0 Å². The van der Waals surface area contributed by atoms with E-state index in [2.05, 4.69) is 17.1 Å². The molecule has 0 N–H and O–H groups in total. The number of pyridine rings is 1. The Hall–Kier alpha value is -1.48. The highest BCUT2D eigenvalue weighted by atomic mass is 32.1. The normalized spacial score (nSPS) is 10.1. The van der Waals surface area contributed by atoms with Crippen LogP contribution in [0.5, 0.6) is 0 Å². The number of hydrogen-bond acceptors (Lipinski definition) is 3. The van der Waals surface area contributed by atoms with Crippen molar-refractivity contribution >= 4 is 17.6 Å². The number of rotatable bonds is 4. The SMILES string of the molecule is O=CCCc1ccc(-c2ccccn2)s1. The van der Waals surface area contributed by atoms with Gasteiger partial charge in [0.1, 0.15) is 6.29 Å². The van der Waals surface area contributed by atoms with Crippen LogP contribution in [-0.4, -0.2) is 11.3 Å². The fourth-order valence-electron chi connectivity index (χ4n) is 1.36. The largest absolute Gasteiger partial charge is 0.303 e. The summed E-state index contributed by atoms with van der Waals surface area (Å²) in [4.78, 5) is 16.9. The summed E-state index contributed by atoms with van der Waals surface area (Å²) in [5, 5.41) is 0. The Kier molecular flexibility index (Phi) is 3.25. The van der Waals surface area contributed by atoms with Crippen molar-refractivity contribution in [2.45, 2.75) is 12.8 Å². The molecule has 2 aromatic heterocycles. The Bertz CT molecular complexity index is 436. The summed E-state index contributed by atoms with van der Waals surface area (Å²) in [6, 6.07) is 10.0. The molecule has 0 amide bonds. The first kappa shape index (κ1) is 10.1. The van der Waals surface area contributed by atoms with Gasteiger partial charge in [-0.25, -0.2) is 0 Å². The summed E-state index contributed by atoms with van der Waals surface area (Å²) in [7, 11) is 0. The minimum absolute atomic E-state index is 0.599. The van der Waals surface area contributed by atoms with Gasteiger partial charge in [-0.1, -0.05) is 6.07 Å². The average molecular weight is 217 g/mol. The van der Waals surface area contributed by atoms with Crippen LogP contribution in [0.2, 0.25) is 0 Å². The molecule has 0 radical (unpaired) electrons. The van der Waals surface area contributed by atoms with E-state index in [-0.39, 0.29) is 0 Å². The number of thiophene rings is 1. The number of aryl methyl sites for hydroxylation is 1. The standard InChI is InChI=1S/C12H11NOS/c14-9-3-4-10-6-7-12(15-10)11-5-1-2-8-13-11/h1-2,5-9H,3-4H2. The zero-order valence-corrected chi connectivity index (χ0v) is 9.04. The number of aromatic nitrogens is 1. The third-order valence-corrected chi connectivity index (χ3v) is 3.26. The summed E-state index contributed by atoms with van der Waals surface area (Å²) >= 11 is 1.70. The molecule has 0 aromatic carbocycles. The molecule has 0 aliphatic carbocycles. The molecule has 76 valence electrons. The van der Waals surface area contributed by atoms with E-state index in [9.17, 15) is 4.79 Å². The Morgan fingerprint density at radius 3 is 2.93 bits per heavy atom. The van der Waals surface area contributed by atoms with E-state index in [1.807, 2.05) is 18.2 Å². The molecule has 0 aliphatic rings. The number of nitrogens with zero attached hydrogens (tertiary/aromatic N) is 1. The summed E-state index contributed by atoms with van der Waals surface area (Å²) in [6.07, 6.45) is 4.18. The lowest BCUT2D eigenvalue weighted by molar-refractivity contribution is -0.107. The zero-order valence-electron chi connectivity index (χ0n) is 8.22. The van der Waals surface area contributed by atoms with E-state index >= 15 is 0 Å². The first-order valence-electron chi connectivity index (χ1n) is 4.84. The lowest BCUT2D eigenvalue weighted by Gasteiger charge is -1.93. The maximum atomic E-state index is 10.2. The maximum absolute atomic E-state index is 10.2. The first-order chi connectivity index (χ1) is 7.40. The van der Waals surface area contributed by atoms with Crippen molar-refractivity contribution < 1.29 is 4.79 Å². The molecule has 0 bridgehead atoms. The van der Waals surface area contributed by atoms with Crippen LogP contribution in [0.25, 0.3) is 10.6 Å². The van der Waals surface area contributed by atoms with Crippen LogP contribution in [0.15, 0.2) is 36.5 Å². The van der Waals surface area contributed by atoms with E-state index in [1.54, 1.807) is 17.5 Å². The number of aldehydes is 1. The molecule has 0 spiro atoms. The molecule has 3 heteroatoms. The number of hydrogen-bond donors (Lipinski definition) is 0. The van der Waals surface area contributed by atoms with Crippen molar-refractivity contribution in [3.63, 3.8) is 0 Å². The highest BCUT2D eigenvalue weighted by Crippen LogP contribution is 2.26. The van der Waals surface area contributed by atoms with Gasteiger partial charge in [-0.15, -0.1) is 11.3 Å². The third kappa shape index (κ3) is 2.50. The topological polar surface area (TPSA) is 30.0 Å². The molecular formula is C12H11NOS. The minimum atomic E-state index is 0.599. The fourth-order valence-corrected chi connectivity index (χ4v) is 2.36. The fraction of sp³-hybridized carbons (Fsp3) is 0.167. The van der Waals surface area contributed by atoms with Crippen molar-refractivity contribution in [3.05, 3.63) is 41.4 Å². The Labute approximate surface area is 92.6 Å². The average Bonchev–Trinajstić information content (AvgIpc) is 2.76. The molecule has 2 heterocycles. The van der Waals surface area contributed by atoms with Crippen molar-refractivity contribution in [1.29, 1.82) is 0 Å². The van der Waals surface area contributed by atoms with Crippen LogP contribution in [0, 0.1) is 0 Å². The van der Waals surface area contributed by atoms with Gasteiger partial charge in [0.2, 0.25) is 0 Å². The lowest BCUT2D eigenvalue weighted by Crippen LogP contribution is -1.79.